The molecule has 21 heteroatoms. The van der Waals surface area contributed by atoms with Gasteiger partial charge in [0.05, 0.1) is 22.3 Å². The molecule has 7 N–H and O–H groups in total. The summed E-state index contributed by atoms with van der Waals surface area (Å²) in [5.74, 6) is 14.8. The van der Waals surface area contributed by atoms with Crippen molar-refractivity contribution in [2.75, 3.05) is 39.3 Å². The van der Waals surface area contributed by atoms with Crippen LogP contribution in [0.25, 0.3) is 33.8 Å². The number of carbonyl (C=O) groups excluding carboxylic acids is 6. The van der Waals surface area contributed by atoms with Gasteiger partial charge in [-0.05, 0) is 234 Å². The van der Waals surface area contributed by atoms with Gasteiger partial charge in [-0.25, -0.2) is 9.97 Å². The smallest absolute Gasteiger partial charge is 0.298 e. The molecule has 15 rings (SSSR count). The number of nitrogens with one attached hydrogen (secondary N) is 1. The molecule has 3 spiro atoms. The van der Waals surface area contributed by atoms with Crippen molar-refractivity contribution in [3.05, 3.63) is 210 Å². The summed E-state index contributed by atoms with van der Waals surface area (Å²) in [5, 5.41) is 5.74. The molecular formula is C83H83N11O9S. The number of nitrogens with two attached hydrogens (primary N) is 3. The van der Waals surface area contributed by atoms with Crippen LogP contribution < -0.4 is 31.4 Å². The van der Waals surface area contributed by atoms with Crippen molar-refractivity contribution in [1.82, 2.24) is 39.4 Å². The van der Waals surface area contributed by atoms with Crippen LogP contribution in [0.2, 0.25) is 0 Å². The molecule has 3 aliphatic carbocycles. The van der Waals surface area contributed by atoms with E-state index in [-0.39, 0.29) is 45.9 Å². The highest BCUT2D eigenvalue weighted by Gasteiger charge is 2.50. The Morgan fingerprint density at radius 1 is 0.490 bits per heavy atom. The predicted molar refractivity (Wildman–Crippen MR) is 398 cm³/mol. The zero-order chi connectivity index (χ0) is 72.5. The Labute approximate surface area is 609 Å². The number of nitrogens with zero attached hydrogens (tertiary/aromatic N) is 7. The van der Waals surface area contributed by atoms with Crippen molar-refractivity contribution >= 4 is 46.8 Å². The maximum Gasteiger partial charge on any atom is 0.298 e. The molecule has 3 aliphatic heterocycles. The summed E-state index contributed by atoms with van der Waals surface area (Å²) in [7, 11) is 0. The number of hydrogen-bond donors (Lipinski definition) is 4. The van der Waals surface area contributed by atoms with Crippen LogP contribution in [-0.4, -0.2) is 114 Å². The van der Waals surface area contributed by atoms with Crippen molar-refractivity contribution in [3.8, 4) is 92.0 Å². The van der Waals surface area contributed by atoms with E-state index >= 15 is 0 Å². The first-order valence-corrected chi connectivity index (χ1v) is 36.1. The first-order chi connectivity index (χ1) is 50.4. The van der Waals surface area contributed by atoms with Crippen LogP contribution in [0.15, 0.2) is 183 Å². The van der Waals surface area contributed by atoms with Crippen LogP contribution in [0.4, 0.5) is 0 Å². The summed E-state index contributed by atoms with van der Waals surface area (Å²) in [5.41, 5.74) is 22.8. The average Bonchev–Trinajstić information content (AvgIpc) is 1.44. The largest absolute Gasteiger partial charge is 0.457 e. The fraction of sp³-hybridized carbons (Fsp3) is 0.313. The number of H-pyrrole nitrogens is 1. The summed E-state index contributed by atoms with van der Waals surface area (Å²) in [6.07, 6.45) is 15.1. The molecule has 6 heterocycles. The first-order valence-electron chi connectivity index (χ1n) is 35.3. The summed E-state index contributed by atoms with van der Waals surface area (Å²) < 4.78 is 19.5. The normalized spacial score (nSPS) is 16.9. The Hall–Kier alpha value is -11.6. The number of piperidine rings is 3. The zero-order valence-electron chi connectivity index (χ0n) is 58.4. The molecule has 6 amide bonds. The lowest BCUT2D eigenvalue weighted by molar-refractivity contribution is -0.130. The standard InChI is InChI=1S/C28H28N4O3.C28H27N3O3S.C27H28N4O3/c1-2-6-23(33)32-15-13-28(14-16-32)17-20(18-28)27-30-24(25(31-27)26(29)34)19-9-11-22(12-10-19)35-21-7-4-3-5-8-21;1-2-6-23(32)31-15-13-28(14-16-31)17-20(18-28)27-30-24(25(35-27)26(29)33)19-9-11-22(12-10-19)34-21-7-4-3-5-8-21;1-2-24(32)30-14-12-27(13-15-30)16-20(17-27)31-18-23(26(28)33)25(29-31)19-8-10-22(11-9-19)34-21-6-4-3-5-7-21/h3-5,7-12,20H,13-18H2,1H3,(H2,29,34)(H,30,31);3-5,7-12,20H,13-18H2,1H3,(H2,29,33);2-11,18,20H,1,12-17H2,(H2,28,33). The van der Waals surface area contributed by atoms with E-state index in [4.69, 9.17) is 46.5 Å². The molecule has 0 radical (unpaired) electrons. The van der Waals surface area contributed by atoms with Crippen LogP contribution in [-0.2, 0) is 14.4 Å². The molecular weight excluding hydrogens is 1330 g/mol. The number of carbonyl (C=O) groups is 6. The van der Waals surface area contributed by atoms with Gasteiger partial charge in [-0.1, -0.05) is 73.0 Å². The number of amides is 6. The maximum atomic E-state index is 12.2. The third-order valence-electron chi connectivity index (χ3n) is 21.3. The number of imidazole rings is 1. The second-order valence-corrected chi connectivity index (χ2v) is 29.0. The summed E-state index contributed by atoms with van der Waals surface area (Å²) >= 11 is 1.41. The number of benzene rings is 6. The fourth-order valence-corrected chi connectivity index (χ4v) is 16.5. The Morgan fingerprint density at radius 2 is 0.885 bits per heavy atom. The van der Waals surface area contributed by atoms with Gasteiger partial charge >= 0.3 is 0 Å². The Kier molecular flexibility index (Phi) is 21.1. The van der Waals surface area contributed by atoms with E-state index in [1.165, 1.54) is 17.4 Å². The number of aromatic amines is 1. The van der Waals surface area contributed by atoms with Crippen molar-refractivity contribution in [3.63, 3.8) is 0 Å². The van der Waals surface area contributed by atoms with E-state index in [2.05, 4.69) is 35.2 Å². The van der Waals surface area contributed by atoms with Crippen molar-refractivity contribution in [2.45, 2.75) is 109 Å². The molecule has 104 heavy (non-hydrogen) atoms. The van der Waals surface area contributed by atoms with Gasteiger partial charge in [0.2, 0.25) is 5.91 Å². The van der Waals surface area contributed by atoms with Gasteiger partial charge in [0.1, 0.15) is 62.3 Å². The Morgan fingerprint density at radius 3 is 1.29 bits per heavy atom. The van der Waals surface area contributed by atoms with E-state index in [1.807, 2.05) is 183 Å². The Bertz CT molecular complexity index is 4530. The number of likely N-dealkylation sites (tertiary alicyclic amines) is 3. The van der Waals surface area contributed by atoms with E-state index in [0.29, 0.717) is 56.4 Å². The molecule has 3 saturated carbocycles. The quantitative estimate of drug-likeness (QED) is 0.0519. The van der Waals surface area contributed by atoms with Gasteiger partial charge in [0.25, 0.3) is 29.5 Å². The molecule has 3 saturated heterocycles. The van der Waals surface area contributed by atoms with Crippen molar-refractivity contribution < 1.29 is 43.0 Å². The highest BCUT2D eigenvalue weighted by atomic mass is 32.1. The average molecular weight is 1410 g/mol. The van der Waals surface area contributed by atoms with Crippen LogP contribution in [0.5, 0.6) is 34.5 Å². The highest BCUT2D eigenvalue weighted by molar-refractivity contribution is 7.14. The number of thiazole rings is 1. The van der Waals surface area contributed by atoms with Crippen LogP contribution >= 0.6 is 11.3 Å². The minimum Gasteiger partial charge on any atom is -0.457 e. The van der Waals surface area contributed by atoms with Gasteiger partial charge < -0.3 is 51.1 Å². The van der Waals surface area contributed by atoms with Gasteiger partial charge in [0.15, 0.2) is 0 Å². The third kappa shape index (κ3) is 16.0. The number of ether oxygens (including phenoxy) is 3. The van der Waals surface area contributed by atoms with Crippen LogP contribution in [0, 0.1) is 39.9 Å². The second kappa shape index (κ2) is 31.0. The summed E-state index contributed by atoms with van der Waals surface area (Å²) in [6.45, 7) is 11.5. The van der Waals surface area contributed by atoms with E-state index in [0.717, 1.165) is 161 Å². The SMILES string of the molecule is C=CC(=O)N1CCC2(CC1)CC(n1cc(C(N)=O)c(-c3ccc(Oc4ccccc4)cc3)n1)C2.CC#CC(=O)N1CCC2(CC1)CC(c1nc(-c3ccc(Oc4ccccc4)cc3)c(C(N)=O)[nH]1)C2.CC#CC(=O)N1CCC2(CC1)CC(c1nc(-c3ccc(Oc4ccccc4)cc3)c(C(N)=O)s1)C2. The molecule has 0 unspecified atom stereocenters. The topological polar surface area (TPSA) is 277 Å². The molecule has 6 fully saturated rings. The first kappa shape index (κ1) is 70.9. The molecule has 530 valence electrons. The van der Waals surface area contributed by atoms with Crippen molar-refractivity contribution in [1.29, 1.82) is 0 Å². The lowest BCUT2D eigenvalue weighted by atomic mass is 9.57. The Balaban J connectivity index is 0.000000139. The summed E-state index contributed by atoms with van der Waals surface area (Å²) in [6, 6.07) is 51.6. The number of aromatic nitrogens is 5. The fourth-order valence-electron chi connectivity index (χ4n) is 15.5. The zero-order valence-corrected chi connectivity index (χ0v) is 59.2. The van der Waals surface area contributed by atoms with Crippen molar-refractivity contribution in [2.24, 2.45) is 33.4 Å². The maximum absolute atomic E-state index is 12.2. The summed E-state index contributed by atoms with van der Waals surface area (Å²) in [4.78, 5) is 91.4. The number of hydrogen-bond acceptors (Lipinski definition) is 13. The molecule has 6 aromatic carbocycles. The minimum atomic E-state index is -0.527. The number of para-hydroxylation sites is 3. The minimum absolute atomic E-state index is 0.00808. The lowest BCUT2D eigenvalue weighted by Gasteiger charge is -2.52. The number of rotatable bonds is 16. The molecule has 6 aliphatic rings. The number of primary amides is 3. The van der Waals surface area contributed by atoms with Crippen LogP contribution in [0.1, 0.15) is 150 Å². The molecule has 0 bridgehead atoms. The third-order valence-corrected chi connectivity index (χ3v) is 22.5. The van der Waals surface area contributed by atoms with Gasteiger partial charge in [-0.3, -0.25) is 33.4 Å². The molecule has 9 aromatic rings. The van der Waals surface area contributed by atoms with E-state index in [9.17, 15) is 28.8 Å². The molecule has 20 nitrogen and oxygen atoms in total. The molecule has 0 atom stereocenters. The van der Waals surface area contributed by atoms with Gasteiger partial charge in [-0.2, -0.15) is 5.10 Å². The molecule has 3 aromatic heterocycles. The highest BCUT2D eigenvalue weighted by Crippen LogP contribution is 2.59. The lowest BCUT2D eigenvalue weighted by Crippen LogP contribution is -2.48. The monoisotopic (exact) mass is 1410 g/mol. The second-order valence-electron chi connectivity index (χ2n) is 28.0. The predicted octanol–water partition coefficient (Wildman–Crippen LogP) is 14.3. The van der Waals surface area contributed by atoms with E-state index < -0.39 is 17.7 Å². The van der Waals surface area contributed by atoms with Gasteiger partial charge in [0, 0.05) is 74.0 Å². The van der Waals surface area contributed by atoms with E-state index in [1.54, 1.807) is 20.0 Å². The van der Waals surface area contributed by atoms with Gasteiger partial charge in [-0.15, -0.1) is 11.3 Å². The van der Waals surface area contributed by atoms with Crippen LogP contribution in [0.3, 0.4) is 0 Å².